The number of nitro groups is 1. The fourth-order valence-electron chi connectivity index (χ4n) is 3.86. The van der Waals surface area contributed by atoms with Gasteiger partial charge in [-0.15, -0.1) is 0 Å². The monoisotopic (exact) mass is 420 g/mol. The van der Waals surface area contributed by atoms with Crippen LogP contribution in [0.3, 0.4) is 0 Å². The van der Waals surface area contributed by atoms with Crippen LogP contribution in [0.5, 0.6) is 5.75 Å². The third-order valence-electron chi connectivity index (χ3n) is 5.40. The van der Waals surface area contributed by atoms with E-state index in [1.54, 1.807) is 0 Å². The van der Waals surface area contributed by atoms with Crippen molar-refractivity contribution >= 4 is 11.6 Å². The normalized spacial score (nSPS) is 18.5. The Kier molecular flexibility index (Phi) is 5.99. The van der Waals surface area contributed by atoms with E-state index in [4.69, 9.17) is 10.1 Å². The molecule has 1 fully saturated rings. The summed E-state index contributed by atoms with van der Waals surface area (Å²) >= 11 is 0. The molecule has 0 radical (unpaired) electrons. The number of benzene rings is 2. The SMILES string of the molecule is N=C1N(CC(O)COc2ccc([N+](=O)[O-])cc2)C2=CC=CCC2N1Cc1ccccc1. The minimum Gasteiger partial charge on any atom is -0.491 e. The molecule has 2 unspecified atom stereocenters. The van der Waals surface area contributed by atoms with Gasteiger partial charge in [0.05, 0.1) is 17.5 Å². The van der Waals surface area contributed by atoms with Gasteiger partial charge >= 0.3 is 0 Å². The van der Waals surface area contributed by atoms with Crippen molar-refractivity contribution in [2.24, 2.45) is 0 Å². The maximum atomic E-state index is 10.7. The van der Waals surface area contributed by atoms with Gasteiger partial charge in [0, 0.05) is 24.4 Å². The van der Waals surface area contributed by atoms with Crippen molar-refractivity contribution in [1.29, 1.82) is 5.41 Å². The topological polar surface area (TPSA) is 103 Å². The highest BCUT2D eigenvalue weighted by molar-refractivity contribution is 5.83. The lowest BCUT2D eigenvalue weighted by atomic mass is 10.0. The number of β-amino-alcohol motifs (C(OH)–C–C–N with tert-alkyl or cyclic N) is 1. The van der Waals surface area contributed by atoms with Crippen molar-refractivity contribution in [2.45, 2.75) is 25.1 Å². The van der Waals surface area contributed by atoms with Crippen LogP contribution in [0.2, 0.25) is 0 Å². The number of rotatable bonds is 8. The zero-order chi connectivity index (χ0) is 21.8. The summed E-state index contributed by atoms with van der Waals surface area (Å²) in [4.78, 5) is 14.2. The molecule has 1 aliphatic carbocycles. The molecule has 0 bridgehead atoms. The number of allylic oxidation sites excluding steroid dienone is 2. The number of ether oxygens (including phenoxy) is 1. The van der Waals surface area contributed by atoms with Crippen LogP contribution in [0.15, 0.2) is 78.5 Å². The highest BCUT2D eigenvalue weighted by Crippen LogP contribution is 2.32. The van der Waals surface area contributed by atoms with Crippen molar-refractivity contribution in [1.82, 2.24) is 9.80 Å². The molecule has 0 aromatic heterocycles. The van der Waals surface area contributed by atoms with Crippen LogP contribution in [-0.2, 0) is 6.54 Å². The Hall–Kier alpha value is -3.65. The van der Waals surface area contributed by atoms with E-state index in [9.17, 15) is 15.2 Å². The predicted octanol–water partition coefficient (Wildman–Crippen LogP) is 3.30. The molecule has 2 aromatic rings. The number of fused-ring (bicyclic) bond motifs is 1. The Morgan fingerprint density at radius 3 is 2.65 bits per heavy atom. The molecule has 2 aromatic carbocycles. The summed E-state index contributed by atoms with van der Waals surface area (Å²) in [6, 6.07) is 15.9. The van der Waals surface area contributed by atoms with Crippen LogP contribution in [-0.4, -0.2) is 51.1 Å². The van der Waals surface area contributed by atoms with E-state index < -0.39 is 11.0 Å². The van der Waals surface area contributed by atoms with E-state index in [0.29, 0.717) is 18.3 Å². The van der Waals surface area contributed by atoms with Crippen molar-refractivity contribution in [3.8, 4) is 5.75 Å². The lowest BCUT2D eigenvalue weighted by Gasteiger charge is -2.25. The van der Waals surface area contributed by atoms with Crippen LogP contribution >= 0.6 is 0 Å². The molecule has 4 rings (SSSR count). The van der Waals surface area contributed by atoms with Gasteiger partial charge in [-0.25, -0.2) is 0 Å². The van der Waals surface area contributed by atoms with Crippen LogP contribution < -0.4 is 4.74 Å². The number of aliphatic hydroxyl groups excluding tert-OH is 1. The van der Waals surface area contributed by atoms with Gasteiger partial charge in [0.25, 0.3) is 5.69 Å². The molecule has 0 spiro atoms. The second kappa shape index (κ2) is 9.01. The Morgan fingerprint density at radius 2 is 1.94 bits per heavy atom. The smallest absolute Gasteiger partial charge is 0.269 e. The van der Waals surface area contributed by atoms with Gasteiger partial charge in [-0.1, -0.05) is 42.5 Å². The van der Waals surface area contributed by atoms with Crippen LogP contribution in [0.25, 0.3) is 0 Å². The second-order valence-corrected chi connectivity index (χ2v) is 7.53. The maximum Gasteiger partial charge on any atom is 0.269 e. The van der Waals surface area contributed by atoms with Gasteiger partial charge in [-0.05, 0) is 30.2 Å². The molecule has 1 heterocycles. The molecule has 2 N–H and O–H groups in total. The van der Waals surface area contributed by atoms with Gasteiger partial charge in [-0.3, -0.25) is 15.5 Å². The Labute approximate surface area is 180 Å². The van der Waals surface area contributed by atoms with E-state index >= 15 is 0 Å². The van der Waals surface area contributed by atoms with Gasteiger partial charge in [0.15, 0.2) is 5.96 Å². The van der Waals surface area contributed by atoms with Crippen molar-refractivity contribution in [2.75, 3.05) is 13.2 Å². The number of hydrogen-bond acceptors (Lipinski definition) is 5. The molecule has 2 atom stereocenters. The maximum absolute atomic E-state index is 10.7. The summed E-state index contributed by atoms with van der Waals surface area (Å²) < 4.78 is 5.59. The average Bonchev–Trinajstić information content (AvgIpc) is 3.04. The van der Waals surface area contributed by atoms with Gasteiger partial charge in [0.1, 0.15) is 18.5 Å². The highest BCUT2D eigenvalue weighted by atomic mass is 16.6. The van der Waals surface area contributed by atoms with Crippen LogP contribution in [0.1, 0.15) is 12.0 Å². The minimum atomic E-state index is -0.834. The first kappa shape index (κ1) is 20.6. The van der Waals surface area contributed by atoms with Crippen LogP contribution in [0, 0.1) is 15.5 Å². The number of nitro benzene ring substituents is 1. The minimum absolute atomic E-state index is 0.0137. The van der Waals surface area contributed by atoms with E-state index in [-0.39, 0.29) is 24.9 Å². The molecule has 2 aliphatic rings. The number of guanidine groups is 1. The van der Waals surface area contributed by atoms with Crippen molar-refractivity contribution in [3.05, 3.63) is 94.2 Å². The molecular weight excluding hydrogens is 396 g/mol. The summed E-state index contributed by atoms with van der Waals surface area (Å²) in [5.74, 6) is 0.808. The van der Waals surface area contributed by atoms with Crippen molar-refractivity contribution < 1.29 is 14.8 Å². The second-order valence-electron chi connectivity index (χ2n) is 7.53. The predicted molar refractivity (Wildman–Crippen MR) is 117 cm³/mol. The first-order valence-electron chi connectivity index (χ1n) is 10.1. The van der Waals surface area contributed by atoms with Crippen molar-refractivity contribution in [3.63, 3.8) is 0 Å². The van der Waals surface area contributed by atoms with E-state index in [1.165, 1.54) is 24.3 Å². The standard InChI is InChI=1S/C23H24N4O4/c24-23-25(14-17-6-2-1-3-7-17)21-8-4-5-9-22(21)26(23)15-19(28)16-31-20-12-10-18(11-13-20)27(29)30/h1-7,9-13,19,21,24,28H,8,14-16H2. The van der Waals surface area contributed by atoms with E-state index in [1.807, 2.05) is 47.4 Å². The average molecular weight is 420 g/mol. The molecule has 1 aliphatic heterocycles. The third kappa shape index (κ3) is 4.59. The first-order chi connectivity index (χ1) is 15.0. The molecule has 8 heteroatoms. The number of nitrogens with one attached hydrogen (secondary N) is 1. The summed E-state index contributed by atoms with van der Waals surface area (Å²) in [6.45, 7) is 0.878. The molecule has 0 saturated carbocycles. The Morgan fingerprint density at radius 1 is 1.19 bits per heavy atom. The number of hydrogen-bond donors (Lipinski definition) is 2. The first-order valence-corrected chi connectivity index (χ1v) is 10.1. The molecule has 8 nitrogen and oxygen atoms in total. The quantitative estimate of drug-likeness (QED) is 0.502. The Balaban J connectivity index is 1.40. The zero-order valence-corrected chi connectivity index (χ0v) is 16.9. The fourth-order valence-corrected chi connectivity index (χ4v) is 3.86. The third-order valence-corrected chi connectivity index (χ3v) is 5.40. The van der Waals surface area contributed by atoms with Gasteiger partial charge in [-0.2, -0.15) is 0 Å². The summed E-state index contributed by atoms with van der Waals surface area (Å²) in [5, 5.41) is 30.0. The van der Waals surface area contributed by atoms with Gasteiger partial charge < -0.3 is 19.6 Å². The summed E-state index contributed by atoms with van der Waals surface area (Å²) in [7, 11) is 0. The van der Waals surface area contributed by atoms with Gasteiger partial charge in [0.2, 0.25) is 0 Å². The molecule has 160 valence electrons. The molecule has 1 saturated heterocycles. The molecule has 31 heavy (non-hydrogen) atoms. The summed E-state index contributed by atoms with van der Waals surface area (Å²) in [5.41, 5.74) is 2.11. The zero-order valence-electron chi connectivity index (χ0n) is 16.9. The lowest BCUT2D eigenvalue weighted by molar-refractivity contribution is -0.384. The largest absolute Gasteiger partial charge is 0.491 e. The lowest BCUT2D eigenvalue weighted by Crippen LogP contribution is -2.39. The number of non-ortho nitro benzene ring substituents is 1. The van der Waals surface area contributed by atoms with E-state index in [2.05, 4.69) is 11.0 Å². The number of aliphatic hydroxyl groups is 1. The number of nitrogens with zero attached hydrogens (tertiary/aromatic N) is 3. The van der Waals surface area contributed by atoms with E-state index in [0.717, 1.165) is 17.7 Å². The molecular formula is C23H24N4O4. The molecule has 0 amide bonds. The highest BCUT2D eigenvalue weighted by Gasteiger charge is 2.39. The summed E-state index contributed by atoms with van der Waals surface area (Å²) in [6.07, 6.45) is 6.05. The fraction of sp³-hybridized carbons (Fsp3) is 0.261. The Bertz CT molecular complexity index is 1000. The van der Waals surface area contributed by atoms with Crippen LogP contribution in [0.4, 0.5) is 5.69 Å².